The second kappa shape index (κ2) is 1.73. The molecule has 0 radical (unpaired) electrons. The molecule has 1 nitrogen and oxygen atoms in total. The van der Waals surface area contributed by atoms with Crippen molar-refractivity contribution < 1.29 is 5.11 Å². The molecule has 2 atom stereocenters. The van der Waals surface area contributed by atoms with Gasteiger partial charge in [0.1, 0.15) is 0 Å². The van der Waals surface area contributed by atoms with Crippen molar-refractivity contribution in [3.05, 3.63) is 0 Å². The molecule has 0 aromatic heterocycles. The summed E-state index contributed by atoms with van der Waals surface area (Å²) >= 11 is 0. The summed E-state index contributed by atoms with van der Waals surface area (Å²) in [7, 11) is 0. The van der Waals surface area contributed by atoms with Crippen LogP contribution in [0.3, 0.4) is 0 Å². The molecule has 0 amide bonds. The summed E-state index contributed by atoms with van der Waals surface area (Å²) in [6, 6.07) is 0. The highest BCUT2D eigenvalue weighted by atomic mass is 16.3. The molecule has 1 aliphatic rings. The molecule has 0 aliphatic heterocycles. The molecule has 0 unspecified atom stereocenters. The van der Waals surface area contributed by atoms with Crippen molar-refractivity contribution in [3.8, 4) is 0 Å². The van der Waals surface area contributed by atoms with Crippen LogP contribution in [0.2, 0.25) is 0 Å². The van der Waals surface area contributed by atoms with Gasteiger partial charge in [0.25, 0.3) is 0 Å². The van der Waals surface area contributed by atoms with Gasteiger partial charge < -0.3 is 5.11 Å². The topological polar surface area (TPSA) is 20.2 Å². The van der Waals surface area contributed by atoms with Gasteiger partial charge in [-0.1, -0.05) is 20.3 Å². The van der Waals surface area contributed by atoms with E-state index in [1.807, 2.05) is 0 Å². The Morgan fingerprint density at radius 3 is 2.38 bits per heavy atom. The summed E-state index contributed by atoms with van der Waals surface area (Å²) in [4.78, 5) is 0. The van der Waals surface area contributed by atoms with Gasteiger partial charge in [-0.15, -0.1) is 0 Å². The summed E-state index contributed by atoms with van der Waals surface area (Å²) in [6.45, 7) is 4.22. The van der Waals surface area contributed by atoms with E-state index < -0.39 is 0 Å². The van der Waals surface area contributed by atoms with Gasteiger partial charge in [0, 0.05) is 0 Å². The monoisotopic (exact) mass is 114 g/mol. The maximum Gasteiger partial charge on any atom is 0.0677 e. The molecule has 1 saturated carbocycles. The Morgan fingerprint density at radius 2 is 2.25 bits per heavy atom. The minimum absolute atomic E-state index is 0.241. The number of hydrogen-bond donors (Lipinski definition) is 1. The van der Waals surface area contributed by atoms with Gasteiger partial charge in [-0.2, -0.15) is 0 Å². The lowest BCUT2D eigenvalue weighted by atomic mass is 10.1. The lowest BCUT2D eigenvalue weighted by Crippen LogP contribution is -2.08. The van der Waals surface area contributed by atoms with Gasteiger partial charge in [0.15, 0.2) is 0 Å². The standard InChI is InChI=1S/C7H14O/c1-3-4-7(8)5-6(7)2/h6,8H,3-5H2,1-2H3/t6-,7-/m1/s1. The van der Waals surface area contributed by atoms with E-state index in [0.717, 1.165) is 19.3 Å². The fourth-order valence-corrected chi connectivity index (χ4v) is 1.25. The lowest BCUT2D eigenvalue weighted by molar-refractivity contribution is 0.123. The summed E-state index contributed by atoms with van der Waals surface area (Å²) in [5.41, 5.74) is -0.241. The smallest absolute Gasteiger partial charge is 0.0677 e. The highest BCUT2D eigenvalue weighted by Gasteiger charge is 2.48. The summed E-state index contributed by atoms with van der Waals surface area (Å²) in [5, 5.41) is 9.40. The van der Waals surface area contributed by atoms with E-state index in [4.69, 9.17) is 0 Å². The Labute approximate surface area is 50.7 Å². The van der Waals surface area contributed by atoms with E-state index in [9.17, 15) is 5.11 Å². The zero-order valence-corrected chi connectivity index (χ0v) is 5.65. The van der Waals surface area contributed by atoms with Gasteiger partial charge in [0.2, 0.25) is 0 Å². The molecule has 1 fully saturated rings. The molecule has 1 rings (SSSR count). The van der Waals surface area contributed by atoms with Crippen LogP contribution in [0.4, 0.5) is 0 Å². The predicted molar refractivity (Wildman–Crippen MR) is 33.6 cm³/mol. The highest BCUT2D eigenvalue weighted by Crippen LogP contribution is 2.45. The second-order valence-corrected chi connectivity index (χ2v) is 2.96. The highest BCUT2D eigenvalue weighted by molar-refractivity contribution is 4.99. The zero-order valence-electron chi connectivity index (χ0n) is 5.65. The number of hydrogen-bond acceptors (Lipinski definition) is 1. The number of aliphatic hydroxyl groups is 1. The lowest BCUT2D eigenvalue weighted by Gasteiger charge is -2.03. The molecular formula is C7H14O. The molecule has 0 aromatic carbocycles. The van der Waals surface area contributed by atoms with Crippen molar-refractivity contribution in [2.24, 2.45) is 5.92 Å². The summed E-state index contributed by atoms with van der Waals surface area (Å²) < 4.78 is 0. The van der Waals surface area contributed by atoms with Crippen LogP contribution < -0.4 is 0 Å². The van der Waals surface area contributed by atoms with Crippen molar-refractivity contribution in [2.45, 2.75) is 38.7 Å². The third-order valence-electron chi connectivity index (χ3n) is 2.10. The van der Waals surface area contributed by atoms with Crippen LogP contribution in [0.15, 0.2) is 0 Å². The van der Waals surface area contributed by atoms with E-state index in [-0.39, 0.29) is 5.60 Å². The first-order valence-electron chi connectivity index (χ1n) is 3.41. The third-order valence-corrected chi connectivity index (χ3v) is 2.10. The Bertz CT molecular complexity index is 90.4. The maximum absolute atomic E-state index is 9.40. The maximum atomic E-state index is 9.40. The molecular weight excluding hydrogens is 100 g/mol. The summed E-state index contributed by atoms with van der Waals surface area (Å²) in [5.74, 6) is 0.572. The summed E-state index contributed by atoms with van der Waals surface area (Å²) in [6.07, 6.45) is 3.13. The van der Waals surface area contributed by atoms with Crippen LogP contribution in [0, 0.1) is 5.92 Å². The molecule has 48 valence electrons. The third kappa shape index (κ3) is 0.873. The molecule has 1 N–H and O–H groups in total. The minimum Gasteiger partial charge on any atom is -0.390 e. The van der Waals surface area contributed by atoms with Crippen LogP contribution in [-0.4, -0.2) is 10.7 Å². The van der Waals surface area contributed by atoms with Gasteiger partial charge in [0.05, 0.1) is 5.60 Å². The predicted octanol–water partition coefficient (Wildman–Crippen LogP) is 1.56. The molecule has 0 bridgehead atoms. The average molecular weight is 114 g/mol. The molecule has 1 aliphatic carbocycles. The minimum atomic E-state index is -0.241. The van der Waals surface area contributed by atoms with Crippen LogP contribution in [0.25, 0.3) is 0 Å². The van der Waals surface area contributed by atoms with Crippen LogP contribution in [0.1, 0.15) is 33.1 Å². The Kier molecular flexibility index (Phi) is 1.31. The first kappa shape index (κ1) is 6.09. The van der Waals surface area contributed by atoms with E-state index in [1.54, 1.807) is 0 Å². The van der Waals surface area contributed by atoms with E-state index in [2.05, 4.69) is 13.8 Å². The van der Waals surface area contributed by atoms with Crippen LogP contribution >= 0.6 is 0 Å². The van der Waals surface area contributed by atoms with E-state index in [0.29, 0.717) is 5.92 Å². The largest absolute Gasteiger partial charge is 0.390 e. The van der Waals surface area contributed by atoms with Crippen LogP contribution in [-0.2, 0) is 0 Å². The first-order chi connectivity index (χ1) is 3.69. The quantitative estimate of drug-likeness (QED) is 0.577. The first-order valence-corrected chi connectivity index (χ1v) is 3.41. The Balaban J connectivity index is 2.25. The molecule has 1 heteroatoms. The average Bonchev–Trinajstić information content (AvgIpc) is 2.16. The normalized spacial score (nSPS) is 44.6. The molecule has 0 saturated heterocycles. The Morgan fingerprint density at radius 1 is 1.75 bits per heavy atom. The molecule has 8 heavy (non-hydrogen) atoms. The van der Waals surface area contributed by atoms with Gasteiger partial charge in [-0.05, 0) is 18.8 Å². The van der Waals surface area contributed by atoms with Crippen molar-refractivity contribution in [3.63, 3.8) is 0 Å². The second-order valence-electron chi connectivity index (χ2n) is 2.96. The zero-order chi connectivity index (χ0) is 6.20. The fourth-order valence-electron chi connectivity index (χ4n) is 1.25. The van der Waals surface area contributed by atoms with Crippen molar-refractivity contribution in [2.75, 3.05) is 0 Å². The SMILES string of the molecule is CCC[C@@]1(O)C[C@H]1C. The van der Waals surface area contributed by atoms with Gasteiger partial charge in [-0.25, -0.2) is 0 Å². The Hall–Kier alpha value is -0.0400. The fraction of sp³-hybridized carbons (Fsp3) is 1.00. The van der Waals surface area contributed by atoms with Crippen LogP contribution in [0.5, 0.6) is 0 Å². The van der Waals surface area contributed by atoms with Gasteiger partial charge in [-0.3, -0.25) is 0 Å². The molecule has 0 spiro atoms. The van der Waals surface area contributed by atoms with Crippen molar-refractivity contribution in [1.82, 2.24) is 0 Å². The number of rotatable bonds is 2. The van der Waals surface area contributed by atoms with Crippen molar-refractivity contribution >= 4 is 0 Å². The van der Waals surface area contributed by atoms with E-state index >= 15 is 0 Å². The van der Waals surface area contributed by atoms with E-state index in [1.165, 1.54) is 0 Å². The molecule has 0 aromatic rings. The van der Waals surface area contributed by atoms with Crippen molar-refractivity contribution in [1.29, 1.82) is 0 Å². The molecule has 0 heterocycles. The van der Waals surface area contributed by atoms with Gasteiger partial charge >= 0.3 is 0 Å².